The van der Waals surface area contributed by atoms with Crippen LogP contribution in [0.5, 0.6) is 0 Å². The minimum Gasteiger partial charge on any atom is -0.384 e. The molecule has 2 aromatic rings. The molecule has 3 N–H and O–H groups in total. The minimum atomic E-state index is 0.278. The van der Waals surface area contributed by atoms with Crippen LogP contribution in [0, 0.1) is 5.92 Å². The second-order valence-electron chi connectivity index (χ2n) is 5.71. The first-order valence-corrected chi connectivity index (χ1v) is 7.49. The normalized spacial score (nSPS) is 12.8. The van der Waals surface area contributed by atoms with Gasteiger partial charge in [0.1, 0.15) is 5.82 Å². The first-order valence-electron chi connectivity index (χ1n) is 7.49. The molecule has 0 aliphatic carbocycles. The molecule has 0 aliphatic heterocycles. The van der Waals surface area contributed by atoms with Crippen LogP contribution in [0.4, 0.5) is 0 Å². The number of nitrogens with zero attached hydrogens (tertiary/aromatic N) is 1. The van der Waals surface area contributed by atoms with E-state index < -0.39 is 0 Å². The van der Waals surface area contributed by atoms with Crippen LogP contribution in [-0.2, 0) is 11.2 Å². The number of nitrogens with one attached hydrogen (secondary N) is 1. The summed E-state index contributed by atoms with van der Waals surface area (Å²) < 4.78 is 5.10. The van der Waals surface area contributed by atoms with E-state index in [-0.39, 0.29) is 5.92 Å². The third kappa shape index (κ3) is 3.93. The highest BCUT2D eigenvalue weighted by Gasteiger charge is 2.17. The zero-order valence-electron chi connectivity index (χ0n) is 13.1. The van der Waals surface area contributed by atoms with Gasteiger partial charge in [0.05, 0.1) is 18.5 Å². The van der Waals surface area contributed by atoms with Gasteiger partial charge in [-0.25, -0.2) is 4.98 Å². The molecule has 4 heteroatoms. The molecule has 0 spiro atoms. The Morgan fingerprint density at radius 3 is 2.52 bits per heavy atom. The van der Waals surface area contributed by atoms with Gasteiger partial charge in [0.25, 0.3) is 0 Å². The van der Waals surface area contributed by atoms with E-state index in [4.69, 9.17) is 10.5 Å². The molecular formula is C17H25N3O. The van der Waals surface area contributed by atoms with Crippen LogP contribution in [0.3, 0.4) is 0 Å². The SMILES string of the molecule is COCCc1ccc(-c2cnc(C(CN)C(C)C)[nH]2)cc1. The number of rotatable bonds is 7. The monoisotopic (exact) mass is 287 g/mol. The molecule has 1 aromatic heterocycles. The molecule has 1 atom stereocenters. The summed E-state index contributed by atoms with van der Waals surface area (Å²) in [5.41, 5.74) is 9.32. The van der Waals surface area contributed by atoms with Crippen LogP contribution in [0.2, 0.25) is 0 Å². The standard InChI is InChI=1S/C17H25N3O/c1-12(2)15(10-18)17-19-11-16(20-17)14-6-4-13(5-7-14)8-9-21-3/h4-7,11-12,15H,8-10,18H2,1-3H3,(H,19,20). The van der Waals surface area contributed by atoms with Crippen molar-refractivity contribution >= 4 is 0 Å². The van der Waals surface area contributed by atoms with Gasteiger partial charge in [0, 0.05) is 19.6 Å². The van der Waals surface area contributed by atoms with E-state index >= 15 is 0 Å². The van der Waals surface area contributed by atoms with Gasteiger partial charge in [0.2, 0.25) is 0 Å². The number of ether oxygens (including phenoxy) is 1. The molecule has 0 radical (unpaired) electrons. The van der Waals surface area contributed by atoms with Gasteiger partial charge in [0.15, 0.2) is 0 Å². The van der Waals surface area contributed by atoms with Crippen LogP contribution in [0.25, 0.3) is 11.3 Å². The van der Waals surface area contributed by atoms with E-state index in [2.05, 4.69) is 48.1 Å². The molecule has 1 aromatic carbocycles. The Labute approximate surface area is 126 Å². The maximum atomic E-state index is 5.85. The summed E-state index contributed by atoms with van der Waals surface area (Å²) in [6.45, 7) is 5.70. The number of aromatic nitrogens is 2. The molecule has 1 heterocycles. The van der Waals surface area contributed by atoms with E-state index in [0.29, 0.717) is 12.5 Å². The molecule has 0 bridgehead atoms. The Balaban J connectivity index is 2.13. The third-order valence-electron chi connectivity index (χ3n) is 3.87. The van der Waals surface area contributed by atoms with Crippen LogP contribution >= 0.6 is 0 Å². The molecule has 4 nitrogen and oxygen atoms in total. The summed E-state index contributed by atoms with van der Waals surface area (Å²) in [6.07, 6.45) is 2.83. The second-order valence-corrected chi connectivity index (χ2v) is 5.71. The van der Waals surface area contributed by atoms with Gasteiger partial charge in [-0.2, -0.15) is 0 Å². The van der Waals surface area contributed by atoms with E-state index in [1.54, 1.807) is 7.11 Å². The predicted octanol–water partition coefficient (Wildman–Crippen LogP) is 2.96. The number of imidazole rings is 1. The fraction of sp³-hybridized carbons (Fsp3) is 0.471. The van der Waals surface area contributed by atoms with Crippen molar-refractivity contribution in [3.63, 3.8) is 0 Å². The first kappa shape index (κ1) is 15.7. The zero-order valence-corrected chi connectivity index (χ0v) is 13.1. The summed E-state index contributed by atoms with van der Waals surface area (Å²) in [4.78, 5) is 7.91. The Morgan fingerprint density at radius 2 is 1.95 bits per heavy atom. The highest BCUT2D eigenvalue weighted by molar-refractivity contribution is 5.59. The van der Waals surface area contributed by atoms with Crippen molar-refractivity contribution in [2.45, 2.75) is 26.2 Å². The highest BCUT2D eigenvalue weighted by Crippen LogP contribution is 2.24. The zero-order chi connectivity index (χ0) is 15.2. The fourth-order valence-corrected chi connectivity index (χ4v) is 2.44. The molecule has 0 amide bonds. The Morgan fingerprint density at radius 1 is 1.24 bits per heavy atom. The van der Waals surface area contributed by atoms with Crippen molar-refractivity contribution in [1.82, 2.24) is 9.97 Å². The highest BCUT2D eigenvalue weighted by atomic mass is 16.5. The Bertz CT molecular complexity index is 545. The Hall–Kier alpha value is -1.65. The van der Waals surface area contributed by atoms with Crippen LogP contribution in [0.1, 0.15) is 31.2 Å². The minimum absolute atomic E-state index is 0.278. The van der Waals surface area contributed by atoms with Gasteiger partial charge in [-0.15, -0.1) is 0 Å². The van der Waals surface area contributed by atoms with Crippen molar-refractivity contribution in [3.05, 3.63) is 41.9 Å². The average molecular weight is 287 g/mol. The van der Waals surface area contributed by atoms with E-state index in [1.807, 2.05) is 6.20 Å². The fourth-order valence-electron chi connectivity index (χ4n) is 2.44. The lowest BCUT2D eigenvalue weighted by Crippen LogP contribution is -2.19. The molecule has 0 saturated heterocycles. The topological polar surface area (TPSA) is 63.9 Å². The molecule has 114 valence electrons. The third-order valence-corrected chi connectivity index (χ3v) is 3.87. The number of aromatic amines is 1. The molecule has 0 saturated carbocycles. The summed E-state index contributed by atoms with van der Waals surface area (Å²) >= 11 is 0. The molecule has 0 fully saturated rings. The molecule has 21 heavy (non-hydrogen) atoms. The van der Waals surface area contributed by atoms with E-state index in [1.165, 1.54) is 5.56 Å². The van der Waals surface area contributed by atoms with Crippen molar-refractivity contribution in [3.8, 4) is 11.3 Å². The maximum absolute atomic E-state index is 5.85. The number of methoxy groups -OCH3 is 1. The summed E-state index contributed by atoms with van der Waals surface area (Å²) in [5, 5.41) is 0. The first-order chi connectivity index (χ1) is 10.2. The lowest BCUT2D eigenvalue weighted by atomic mass is 9.95. The predicted molar refractivity (Wildman–Crippen MR) is 86.2 cm³/mol. The molecule has 1 unspecified atom stereocenters. The van der Waals surface area contributed by atoms with E-state index in [9.17, 15) is 0 Å². The number of H-pyrrole nitrogens is 1. The summed E-state index contributed by atoms with van der Waals surface area (Å²) in [7, 11) is 1.73. The number of hydrogen-bond acceptors (Lipinski definition) is 3. The molecular weight excluding hydrogens is 262 g/mol. The largest absolute Gasteiger partial charge is 0.384 e. The summed E-state index contributed by atoms with van der Waals surface area (Å²) in [5.74, 6) is 1.73. The van der Waals surface area contributed by atoms with E-state index in [0.717, 1.165) is 30.1 Å². The van der Waals surface area contributed by atoms with Gasteiger partial charge < -0.3 is 15.5 Å². The average Bonchev–Trinajstić information content (AvgIpc) is 2.95. The lowest BCUT2D eigenvalue weighted by Gasteiger charge is -2.15. The Kier molecular flexibility index (Phi) is 5.53. The van der Waals surface area contributed by atoms with Crippen molar-refractivity contribution in [1.29, 1.82) is 0 Å². The number of benzene rings is 1. The van der Waals surface area contributed by atoms with Gasteiger partial charge >= 0.3 is 0 Å². The lowest BCUT2D eigenvalue weighted by molar-refractivity contribution is 0.202. The van der Waals surface area contributed by atoms with Crippen LogP contribution in [0.15, 0.2) is 30.5 Å². The maximum Gasteiger partial charge on any atom is 0.111 e. The van der Waals surface area contributed by atoms with Crippen molar-refractivity contribution in [2.24, 2.45) is 11.7 Å². The van der Waals surface area contributed by atoms with Crippen molar-refractivity contribution < 1.29 is 4.74 Å². The molecule has 2 rings (SSSR count). The number of hydrogen-bond donors (Lipinski definition) is 2. The second kappa shape index (κ2) is 7.38. The van der Waals surface area contributed by atoms with Gasteiger partial charge in [-0.05, 0) is 23.5 Å². The summed E-state index contributed by atoms with van der Waals surface area (Å²) in [6, 6.07) is 8.51. The quantitative estimate of drug-likeness (QED) is 0.823. The van der Waals surface area contributed by atoms with Gasteiger partial charge in [-0.3, -0.25) is 0 Å². The van der Waals surface area contributed by atoms with Gasteiger partial charge in [-0.1, -0.05) is 38.1 Å². The van der Waals surface area contributed by atoms with Crippen LogP contribution in [-0.4, -0.2) is 30.2 Å². The molecule has 0 aliphatic rings. The smallest absolute Gasteiger partial charge is 0.111 e. The van der Waals surface area contributed by atoms with Crippen molar-refractivity contribution in [2.75, 3.05) is 20.3 Å². The van der Waals surface area contributed by atoms with Crippen LogP contribution < -0.4 is 5.73 Å². The number of nitrogens with two attached hydrogens (primary N) is 1.